The maximum atomic E-state index is 12.0. The molecule has 2 heterocycles. The lowest BCUT2D eigenvalue weighted by Gasteiger charge is -2.17. The van der Waals surface area contributed by atoms with Gasteiger partial charge < -0.3 is 10.1 Å². The first kappa shape index (κ1) is 13.5. The average Bonchev–Trinajstić information content (AvgIpc) is 2.89. The Hall–Kier alpha value is -2.43. The van der Waals surface area contributed by atoms with E-state index >= 15 is 0 Å². The first-order valence-electron chi connectivity index (χ1n) is 6.99. The molecular weight excluding hydrogens is 268 g/mol. The molecule has 1 fully saturated rings. The van der Waals surface area contributed by atoms with Gasteiger partial charge in [0, 0.05) is 23.9 Å². The smallest absolute Gasteiger partial charge is 0.329 e. The van der Waals surface area contributed by atoms with Crippen LogP contribution in [0.5, 0.6) is 0 Å². The van der Waals surface area contributed by atoms with Crippen LogP contribution in [0.25, 0.3) is 10.9 Å². The third kappa shape index (κ3) is 2.59. The molecule has 1 aromatic heterocycles. The molecule has 1 aliphatic rings. The Morgan fingerprint density at radius 3 is 3.10 bits per heavy atom. The number of carbonyl (C=O) groups is 2. The van der Waals surface area contributed by atoms with Crippen LogP contribution in [0.2, 0.25) is 0 Å². The summed E-state index contributed by atoms with van der Waals surface area (Å²) in [6, 6.07) is 9.05. The second kappa shape index (κ2) is 5.52. The number of hydrogen-bond donors (Lipinski definition) is 1. The van der Waals surface area contributed by atoms with E-state index < -0.39 is 6.04 Å². The SMILES string of the molecule is CCOC(=O)C1NC(=O)CC1c1ccc2ncccc2c1. The molecule has 5 nitrogen and oxygen atoms in total. The van der Waals surface area contributed by atoms with E-state index in [1.165, 1.54) is 0 Å². The van der Waals surface area contributed by atoms with Gasteiger partial charge in [-0.05, 0) is 30.7 Å². The Balaban J connectivity index is 1.95. The minimum atomic E-state index is -0.605. The molecule has 1 amide bonds. The molecule has 1 aliphatic heterocycles. The van der Waals surface area contributed by atoms with Crippen LogP contribution in [0.4, 0.5) is 0 Å². The zero-order valence-electron chi connectivity index (χ0n) is 11.7. The lowest BCUT2D eigenvalue weighted by atomic mass is 9.91. The van der Waals surface area contributed by atoms with Crippen LogP contribution in [0.1, 0.15) is 24.8 Å². The van der Waals surface area contributed by atoms with Gasteiger partial charge in [0.05, 0.1) is 12.1 Å². The molecule has 2 aromatic rings. The number of aromatic nitrogens is 1. The van der Waals surface area contributed by atoms with Gasteiger partial charge in [-0.15, -0.1) is 0 Å². The van der Waals surface area contributed by atoms with Gasteiger partial charge in [0.2, 0.25) is 5.91 Å². The molecule has 1 aromatic carbocycles. The number of pyridine rings is 1. The first-order chi connectivity index (χ1) is 10.2. The highest BCUT2D eigenvalue weighted by Gasteiger charge is 2.39. The molecule has 3 rings (SSSR count). The molecule has 0 aliphatic carbocycles. The fourth-order valence-electron chi connectivity index (χ4n) is 2.74. The van der Waals surface area contributed by atoms with E-state index in [-0.39, 0.29) is 17.8 Å². The highest BCUT2D eigenvalue weighted by atomic mass is 16.5. The summed E-state index contributed by atoms with van der Waals surface area (Å²) in [4.78, 5) is 27.9. The summed E-state index contributed by atoms with van der Waals surface area (Å²) in [5.41, 5.74) is 1.85. The van der Waals surface area contributed by atoms with Crippen molar-refractivity contribution in [1.82, 2.24) is 10.3 Å². The van der Waals surface area contributed by atoms with Crippen molar-refractivity contribution in [1.29, 1.82) is 0 Å². The van der Waals surface area contributed by atoms with Gasteiger partial charge in [0.25, 0.3) is 0 Å². The minimum Gasteiger partial charge on any atom is -0.464 e. The molecule has 2 atom stereocenters. The van der Waals surface area contributed by atoms with Crippen LogP contribution in [0.15, 0.2) is 36.5 Å². The highest BCUT2D eigenvalue weighted by molar-refractivity contribution is 5.90. The molecule has 21 heavy (non-hydrogen) atoms. The normalized spacial score (nSPS) is 21.3. The molecule has 0 spiro atoms. The second-order valence-electron chi connectivity index (χ2n) is 5.06. The van der Waals surface area contributed by atoms with Crippen molar-refractivity contribution in [3.8, 4) is 0 Å². The number of carbonyl (C=O) groups excluding carboxylic acids is 2. The maximum absolute atomic E-state index is 12.0. The fraction of sp³-hybridized carbons (Fsp3) is 0.312. The molecule has 0 bridgehead atoms. The summed E-state index contributed by atoms with van der Waals surface area (Å²) in [7, 11) is 0. The van der Waals surface area contributed by atoms with E-state index in [1.807, 2.05) is 30.3 Å². The Labute approximate surface area is 122 Å². The molecule has 1 N–H and O–H groups in total. The largest absolute Gasteiger partial charge is 0.464 e. The van der Waals surface area contributed by atoms with Crippen LogP contribution < -0.4 is 5.32 Å². The van der Waals surface area contributed by atoms with Gasteiger partial charge in [0.1, 0.15) is 6.04 Å². The van der Waals surface area contributed by atoms with Crippen molar-refractivity contribution in [3.05, 3.63) is 42.1 Å². The maximum Gasteiger partial charge on any atom is 0.329 e. The van der Waals surface area contributed by atoms with Gasteiger partial charge in [0.15, 0.2) is 0 Å². The third-order valence-corrected chi connectivity index (χ3v) is 3.72. The Morgan fingerprint density at radius 1 is 1.43 bits per heavy atom. The molecule has 1 saturated heterocycles. The summed E-state index contributed by atoms with van der Waals surface area (Å²) >= 11 is 0. The topological polar surface area (TPSA) is 68.3 Å². The average molecular weight is 284 g/mol. The second-order valence-corrected chi connectivity index (χ2v) is 5.06. The number of ether oxygens (including phenoxy) is 1. The van der Waals surface area contributed by atoms with Crippen molar-refractivity contribution in [2.24, 2.45) is 0 Å². The van der Waals surface area contributed by atoms with E-state index in [0.29, 0.717) is 13.0 Å². The van der Waals surface area contributed by atoms with Crippen LogP contribution in [-0.2, 0) is 14.3 Å². The lowest BCUT2D eigenvalue weighted by molar-refractivity contribution is -0.146. The number of nitrogens with zero attached hydrogens (tertiary/aromatic N) is 1. The monoisotopic (exact) mass is 284 g/mol. The quantitative estimate of drug-likeness (QED) is 0.872. The van der Waals surface area contributed by atoms with Crippen molar-refractivity contribution >= 4 is 22.8 Å². The number of hydrogen-bond acceptors (Lipinski definition) is 4. The molecular formula is C16H16N2O3. The lowest BCUT2D eigenvalue weighted by Crippen LogP contribution is -2.37. The predicted octanol–water partition coefficient (Wildman–Crippen LogP) is 1.77. The van der Waals surface area contributed by atoms with Gasteiger partial charge >= 0.3 is 5.97 Å². The van der Waals surface area contributed by atoms with Crippen molar-refractivity contribution < 1.29 is 14.3 Å². The van der Waals surface area contributed by atoms with E-state index in [9.17, 15) is 9.59 Å². The van der Waals surface area contributed by atoms with Crippen molar-refractivity contribution in [3.63, 3.8) is 0 Å². The van der Waals surface area contributed by atoms with E-state index in [1.54, 1.807) is 13.1 Å². The molecule has 0 saturated carbocycles. The Bertz CT molecular complexity index is 699. The molecule has 108 valence electrons. The minimum absolute atomic E-state index is 0.121. The third-order valence-electron chi connectivity index (χ3n) is 3.72. The molecule has 5 heteroatoms. The number of nitrogens with one attached hydrogen (secondary N) is 1. The molecule has 0 radical (unpaired) electrons. The summed E-state index contributed by atoms with van der Waals surface area (Å²) in [6.07, 6.45) is 2.04. The van der Waals surface area contributed by atoms with Gasteiger partial charge in [-0.1, -0.05) is 12.1 Å². The summed E-state index contributed by atoms with van der Waals surface area (Å²) < 4.78 is 5.05. The van der Waals surface area contributed by atoms with E-state index in [2.05, 4.69) is 10.3 Å². The standard InChI is InChI=1S/C16H16N2O3/c1-2-21-16(20)15-12(9-14(19)18-15)10-5-6-13-11(8-10)4-3-7-17-13/h3-8,12,15H,2,9H2,1H3,(H,18,19). The first-order valence-corrected chi connectivity index (χ1v) is 6.99. The van der Waals surface area contributed by atoms with Crippen molar-refractivity contribution in [2.45, 2.75) is 25.3 Å². The van der Waals surface area contributed by atoms with Gasteiger partial charge in [-0.25, -0.2) is 4.79 Å². The highest BCUT2D eigenvalue weighted by Crippen LogP contribution is 2.30. The van der Waals surface area contributed by atoms with Crippen LogP contribution in [-0.4, -0.2) is 29.5 Å². The number of rotatable bonds is 3. The van der Waals surface area contributed by atoms with Crippen LogP contribution in [0.3, 0.4) is 0 Å². The van der Waals surface area contributed by atoms with Crippen LogP contribution in [0, 0.1) is 0 Å². The van der Waals surface area contributed by atoms with E-state index in [4.69, 9.17) is 4.74 Å². The van der Waals surface area contributed by atoms with Crippen molar-refractivity contribution in [2.75, 3.05) is 6.61 Å². The Morgan fingerprint density at radius 2 is 2.29 bits per heavy atom. The fourth-order valence-corrected chi connectivity index (χ4v) is 2.74. The number of amides is 1. The molecule has 2 unspecified atom stereocenters. The summed E-state index contributed by atoms with van der Waals surface area (Å²) in [6.45, 7) is 2.06. The summed E-state index contributed by atoms with van der Waals surface area (Å²) in [5, 5.41) is 3.70. The zero-order valence-corrected chi connectivity index (χ0v) is 11.7. The zero-order chi connectivity index (χ0) is 14.8. The van der Waals surface area contributed by atoms with Crippen LogP contribution >= 0.6 is 0 Å². The number of fused-ring (bicyclic) bond motifs is 1. The predicted molar refractivity (Wildman–Crippen MR) is 77.7 cm³/mol. The Kier molecular flexibility index (Phi) is 3.56. The summed E-state index contributed by atoms with van der Waals surface area (Å²) in [5.74, 6) is -0.690. The van der Waals surface area contributed by atoms with E-state index in [0.717, 1.165) is 16.5 Å². The number of esters is 1. The van der Waals surface area contributed by atoms with Gasteiger partial charge in [-0.2, -0.15) is 0 Å². The van der Waals surface area contributed by atoms with Gasteiger partial charge in [-0.3, -0.25) is 9.78 Å². The number of benzene rings is 1.